The Morgan fingerprint density at radius 2 is 2.36 bits per heavy atom. The first-order chi connectivity index (χ1) is 10.8. The zero-order valence-electron chi connectivity index (χ0n) is 12.5. The number of thiocarbonyl (C=S) groups is 1. The molecule has 5 heteroatoms. The van der Waals surface area contributed by atoms with Gasteiger partial charge in [-0.1, -0.05) is 18.2 Å². The lowest BCUT2D eigenvalue weighted by atomic mass is 10.0. The molecule has 0 radical (unpaired) electrons. The summed E-state index contributed by atoms with van der Waals surface area (Å²) in [6.07, 6.45) is 11.1. The Balaban J connectivity index is 1.62. The van der Waals surface area contributed by atoms with Gasteiger partial charge in [-0.15, -0.1) is 0 Å². The molecule has 0 saturated heterocycles. The van der Waals surface area contributed by atoms with E-state index >= 15 is 0 Å². The third-order valence-electron chi connectivity index (χ3n) is 4.46. The fourth-order valence-corrected chi connectivity index (χ4v) is 3.65. The Bertz CT molecular complexity index is 592. The molecule has 0 aliphatic heterocycles. The fraction of sp³-hybridized carbons (Fsp3) is 0.471. The van der Waals surface area contributed by atoms with Crippen molar-refractivity contribution < 1.29 is 0 Å². The first-order valence-electron chi connectivity index (χ1n) is 7.76. The maximum absolute atomic E-state index is 8.87. The highest BCUT2D eigenvalue weighted by atomic mass is 32.1. The van der Waals surface area contributed by atoms with Gasteiger partial charge in [0, 0.05) is 31.5 Å². The molecule has 1 aromatic rings. The average Bonchev–Trinajstić information content (AvgIpc) is 3.15. The molecular formula is C17H20N4S. The largest absolute Gasteiger partial charge is 0.359 e. The van der Waals surface area contributed by atoms with Gasteiger partial charge in [-0.25, -0.2) is 0 Å². The van der Waals surface area contributed by atoms with Crippen molar-refractivity contribution in [3.05, 3.63) is 42.2 Å². The van der Waals surface area contributed by atoms with Gasteiger partial charge in [-0.2, -0.15) is 5.26 Å². The van der Waals surface area contributed by atoms with Crippen molar-refractivity contribution in [2.45, 2.75) is 31.8 Å². The van der Waals surface area contributed by atoms with Crippen molar-refractivity contribution in [3.63, 3.8) is 0 Å². The van der Waals surface area contributed by atoms with E-state index < -0.39 is 0 Å². The van der Waals surface area contributed by atoms with E-state index in [2.05, 4.69) is 33.4 Å². The van der Waals surface area contributed by atoms with E-state index in [1.165, 1.54) is 12.8 Å². The van der Waals surface area contributed by atoms with Crippen LogP contribution in [0.4, 0.5) is 0 Å². The van der Waals surface area contributed by atoms with Crippen LogP contribution in [-0.4, -0.2) is 27.6 Å². The second-order valence-electron chi connectivity index (χ2n) is 6.03. The van der Waals surface area contributed by atoms with E-state index in [1.807, 2.05) is 18.3 Å². The Labute approximate surface area is 136 Å². The van der Waals surface area contributed by atoms with Crippen molar-refractivity contribution in [1.29, 1.82) is 5.26 Å². The predicted octanol–water partition coefficient (Wildman–Crippen LogP) is 2.64. The van der Waals surface area contributed by atoms with Crippen LogP contribution in [0.1, 0.15) is 24.8 Å². The zero-order valence-corrected chi connectivity index (χ0v) is 13.3. The van der Waals surface area contributed by atoms with Crippen LogP contribution in [0, 0.1) is 23.2 Å². The van der Waals surface area contributed by atoms with Gasteiger partial charge in [0.05, 0.1) is 12.5 Å². The van der Waals surface area contributed by atoms with Crippen molar-refractivity contribution >= 4 is 17.3 Å². The number of hydrogen-bond donors (Lipinski definition) is 1. The number of nitrogens with zero attached hydrogens (tertiary/aromatic N) is 3. The molecule has 1 fully saturated rings. The number of fused-ring (bicyclic) bond motifs is 2. The molecule has 1 heterocycles. The van der Waals surface area contributed by atoms with Crippen LogP contribution in [0.3, 0.4) is 0 Å². The highest BCUT2D eigenvalue weighted by Gasteiger charge is 2.36. The summed E-state index contributed by atoms with van der Waals surface area (Å²) < 4.78 is 0. The van der Waals surface area contributed by atoms with Crippen molar-refractivity contribution in [2.24, 2.45) is 11.8 Å². The number of aromatic nitrogens is 1. The molecule has 114 valence electrons. The minimum absolute atomic E-state index is 0.445. The lowest BCUT2D eigenvalue weighted by Gasteiger charge is -2.29. The van der Waals surface area contributed by atoms with Gasteiger partial charge < -0.3 is 10.2 Å². The number of nitrogens with one attached hydrogen (secondary N) is 1. The molecule has 2 aliphatic carbocycles. The van der Waals surface area contributed by atoms with Crippen LogP contribution >= 0.6 is 12.2 Å². The Morgan fingerprint density at radius 1 is 1.45 bits per heavy atom. The highest BCUT2D eigenvalue weighted by molar-refractivity contribution is 7.80. The van der Waals surface area contributed by atoms with E-state index in [4.69, 9.17) is 17.5 Å². The van der Waals surface area contributed by atoms with Gasteiger partial charge in [-0.05, 0) is 48.5 Å². The lowest BCUT2D eigenvalue weighted by Crippen LogP contribution is -2.46. The van der Waals surface area contributed by atoms with Gasteiger partial charge in [-0.3, -0.25) is 4.98 Å². The second kappa shape index (κ2) is 6.89. The summed E-state index contributed by atoms with van der Waals surface area (Å²) in [4.78, 5) is 6.22. The first kappa shape index (κ1) is 15.0. The van der Waals surface area contributed by atoms with Gasteiger partial charge in [0.2, 0.25) is 0 Å². The Kier molecular flexibility index (Phi) is 4.69. The van der Waals surface area contributed by atoms with Crippen LogP contribution in [-0.2, 0) is 6.54 Å². The summed E-state index contributed by atoms with van der Waals surface area (Å²) in [7, 11) is 0. The molecule has 1 aromatic heterocycles. The number of nitriles is 1. The SMILES string of the molecule is N#CCCN(Cc1cccnc1)C(=S)N[C@H]1C[C@H]2C=C[C@@H]1C2. The first-order valence-corrected chi connectivity index (χ1v) is 8.16. The molecule has 3 atom stereocenters. The van der Waals surface area contributed by atoms with Gasteiger partial charge in [0.1, 0.15) is 0 Å². The van der Waals surface area contributed by atoms with Crippen LogP contribution in [0.2, 0.25) is 0 Å². The van der Waals surface area contributed by atoms with Crippen molar-refractivity contribution in [3.8, 4) is 6.07 Å². The number of pyridine rings is 1. The average molecular weight is 312 g/mol. The third-order valence-corrected chi connectivity index (χ3v) is 4.84. The Hall–Kier alpha value is -1.93. The van der Waals surface area contributed by atoms with Crippen LogP contribution < -0.4 is 5.32 Å². The summed E-state index contributed by atoms with van der Waals surface area (Å²) >= 11 is 5.60. The standard InChI is InChI=1S/C17H20N4S/c18-6-2-8-21(12-14-3-1-7-19-11-14)17(22)20-16-10-13-4-5-15(16)9-13/h1,3-5,7,11,13,15-16H,2,8-10,12H2,(H,20,22)/t13-,15+,16-/m0/s1. The quantitative estimate of drug-likeness (QED) is 0.669. The highest BCUT2D eigenvalue weighted by Crippen LogP contribution is 2.39. The molecule has 0 unspecified atom stereocenters. The summed E-state index contributed by atoms with van der Waals surface area (Å²) in [5.74, 6) is 1.33. The minimum Gasteiger partial charge on any atom is -0.359 e. The van der Waals surface area contributed by atoms with E-state index in [1.54, 1.807) is 6.20 Å². The Morgan fingerprint density at radius 3 is 3.00 bits per heavy atom. The van der Waals surface area contributed by atoms with E-state index in [0.29, 0.717) is 31.5 Å². The molecule has 2 bridgehead atoms. The summed E-state index contributed by atoms with van der Waals surface area (Å²) in [5.41, 5.74) is 1.11. The van der Waals surface area contributed by atoms with Crippen LogP contribution in [0.15, 0.2) is 36.7 Å². The number of hydrogen-bond acceptors (Lipinski definition) is 3. The molecule has 0 spiro atoms. The molecule has 1 saturated carbocycles. The van der Waals surface area contributed by atoms with Crippen molar-refractivity contribution in [2.75, 3.05) is 6.54 Å². The smallest absolute Gasteiger partial charge is 0.169 e. The molecule has 4 nitrogen and oxygen atoms in total. The van der Waals surface area contributed by atoms with E-state index in [9.17, 15) is 0 Å². The van der Waals surface area contributed by atoms with Crippen LogP contribution in [0.25, 0.3) is 0 Å². The predicted molar refractivity (Wildman–Crippen MR) is 89.8 cm³/mol. The molecule has 22 heavy (non-hydrogen) atoms. The van der Waals surface area contributed by atoms with Crippen LogP contribution in [0.5, 0.6) is 0 Å². The monoisotopic (exact) mass is 312 g/mol. The molecule has 0 amide bonds. The number of rotatable bonds is 5. The second-order valence-corrected chi connectivity index (χ2v) is 6.41. The van der Waals surface area contributed by atoms with E-state index in [-0.39, 0.29) is 0 Å². The summed E-state index contributed by atoms with van der Waals surface area (Å²) in [6, 6.07) is 6.61. The van der Waals surface area contributed by atoms with Gasteiger partial charge in [0.15, 0.2) is 5.11 Å². The van der Waals surface area contributed by atoms with Gasteiger partial charge >= 0.3 is 0 Å². The topological polar surface area (TPSA) is 52.0 Å². The molecule has 3 rings (SSSR count). The number of allylic oxidation sites excluding steroid dienone is 1. The molecule has 0 aromatic carbocycles. The van der Waals surface area contributed by atoms with E-state index in [0.717, 1.165) is 16.6 Å². The van der Waals surface area contributed by atoms with Crippen molar-refractivity contribution in [1.82, 2.24) is 15.2 Å². The maximum Gasteiger partial charge on any atom is 0.169 e. The maximum atomic E-state index is 8.87. The van der Waals surface area contributed by atoms with Gasteiger partial charge in [0.25, 0.3) is 0 Å². The lowest BCUT2D eigenvalue weighted by molar-refractivity contribution is 0.395. The molecule has 2 aliphatic rings. The normalized spacial score (nSPS) is 25.0. The third kappa shape index (κ3) is 3.45. The fourth-order valence-electron chi connectivity index (χ4n) is 3.35. The minimum atomic E-state index is 0.445. The molecule has 1 N–H and O–H groups in total. The summed E-state index contributed by atoms with van der Waals surface area (Å²) in [6.45, 7) is 1.34. The zero-order chi connectivity index (χ0) is 15.4. The summed E-state index contributed by atoms with van der Waals surface area (Å²) in [5, 5.41) is 13.1. The molecular weight excluding hydrogens is 292 g/mol.